The molecule has 0 aromatic rings. The SMILES string of the molecule is NSC1CCC(C(=O)O)CC1. The number of carboxylic acids is 1. The van der Waals surface area contributed by atoms with Crippen molar-refractivity contribution in [3.05, 3.63) is 0 Å². The number of nitrogens with two attached hydrogens (primary N) is 1. The fourth-order valence-electron chi connectivity index (χ4n) is 1.45. The van der Waals surface area contributed by atoms with Gasteiger partial charge in [-0.3, -0.25) is 9.93 Å². The Morgan fingerprint density at radius 1 is 1.36 bits per heavy atom. The Morgan fingerprint density at radius 2 is 1.91 bits per heavy atom. The lowest BCUT2D eigenvalue weighted by Gasteiger charge is -2.23. The van der Waals surface area contributed by atoms with Crippen molar-refractivity contribution in [2.45, 2.75) is 30.9 Å². The Balaban J connectivity index is 2.30. The van der Waals surface area contributed by atoms with Gasteiger partial charge in [-0.25, -0.2) is 0 Å². The number of rotatable bonds is 2. The monoisotopic (exact) mass is 175 g/mol. The average molecular weight is 175 g/mol. The first-order valence-electron chi connectivity index (χ1n) is 3.82. The summed E-state index contributed by atoms with van der Waals surface area (Å²) < 4.78 is 0. The molecule has 1 aliphatic rings. The number of carboxylic acid groups (broad SMARTS) is 1. The summed E-state index contributed by atoms with van der Waals surface area (Å²) in [6.07, 6.45) is 3.50. The Bertz CT molecular complexity index is 143. The van der Waals surface area contributed by atoms with Crippen LogP contribution in [-0.4, -0.2) is 16.3 Å². The van der Waals surface area contributed by atoms with Crippen LogP contribution in [0.3, 0.4) is 0 Å². The summed E-state index contributed by atoms with van der Waals surface area (Å²) in [4.78, 5) is 10.5. The molecule has 0 aromatic carbocycles. The predicted molar refractivity (Wildman–Crippen MR) is 45.2 cm³/mol. The summed E-state index contributed by atoms with van der Waals surface area (Å²) >= 11 is 1.37. The molecule has 0 atom stereocenters. The van der Waals surface area contributed by atoms with Gasteiger partial charge in [0.1, 0.15) is 0 Å². The van der Waals surface area contributed by atoms with Crippen molar-refractivity contribution in [3.63, 3.8) is 0 Å². The highest BCUT2D eigenvalue weighted by atomic mass is 32.2. The Labute approximate surface area is 70.5 Å². The highest BCUT2D eigenvalue weighted by molar-refractivity contribution is 7.97. The summed E-state index contributed by atoms with van der Waals surface area (Å²) in [6, 6.07) is 0. The molecule has 0 unspecified atom stereocenters. The van der Waals surface area contributed by atoms with Crippen LogP contribution in [0.15, 0.2) is 0 Å². The zero-order valence-corrected chi connectivity index (χ0v) is 7.14. The lowest BCUT2D eigenvalue weighted by molar-refractivity contribution is -0.142. The van der Waals surface area contributed by atoms with E-state index in [0.717, 1.165) is 25.7 Å². The molecule has 1 aliphatic carbocycles. The van der Waals surface area contributed by atoms with Crippen LogP contribution in [0.4, 0.5) is 0 Å². The lowest BCUT2D eigenvalue weighted by atomic mass is 9.89. The highest BCUT2D eigenvalue weighted by Crippen LogP contribution is 2.29. The van der Waals surface area contributed by atoms with Crippen molar-refractivity contribution in [1.82, 2.24) is 0 Å². The van der Waals surface area contributed by atoms with E-state index in [0.29, 0.717) is 5.25 Å². The van der Waals surface area contributed by atoms with Crippen molar-refractivity contribution >= 4 is 17.9 Å². The van der Waals surface area contributed by atoms with Gasteiger partial charge in [0.05, 0.1) is 5.92 Å². The van der Waals surface area contributed by atoms with Crippen LogP contribution in [0.25, 0.3) is 0 Å². The molecule has 3 N–H and O–H groups in total. The second kappa shape index (κ2) is 3.97. The molecule has 64 valence electrons. The largest absolute Gasteiger partial charge is 0.481 e. The Hall–Kier alpha value is -0.220. The average Bonchev–Trinajstić information content (AvgIpc) is 2.05. The second-order valence-electron chi connectivity index (χ2n) is 2.95. The van der Waals surface area contributed by atoms with Crippen LogP contribution in [0.5, 0.6) is 0 Å². The maximum atomic E-state index is 10.5. The van der Waals surface area contributed by atoms with Crippen LogP contribution in [-0.2, 0) is 4.79 Å². The van der Waals surface area contributed by atoms with E-state index in [1.54, 1.807) is 0 Å². The van der Waals surface area contributed by atoms with Gasteiger partial charge in [-0.05, 0) is 25.7 Å². The fourth-order valence-corrected chi connectivity index (χ4v) is 1.99. The summed E-state index contributed by atoms with van der Waals surface area (Å²) in [7, 11) is 0. The molecule has 0 aliphatic heterocycles. The smallest absolute Gasteiger partial charge is 0.306 e. The molecule has 1 saturated carbocycles. The summed E-state index contributed by atoms with van der Waals surface area (Å²) in [5.74, 6) is -0.760. The van der Waals surface area contributed by atoms with Gasteiger partial charge in [0.15, 0.2) is 0 Å². The topological polar surface area (TPSA) is 63.3 Å². The van der Waals surface area contributed by atoms with Gasteiger partial charge >= 0.3 is 5.97 Å². The van der Waals surface area contributed by atoms with Crippen LogP contribution in [0.2, 0.25) is 0 Å². The zero-order valence-electron chi connectivity index (χ0n) is 6.32. The highest BCUT2D eigenvalue weighted by Gasteiger charge is 2.25. The number of carbonyl (C=O) groups is 1. The van der Waals surface area contributed by atoms with E-state index in [1.807, 2.05) is 0 Å². The zero-order chi connectivity index (χ0) is 8.27. The van der Waals surface area contributed by atoms with Gasteiger partial charge in [-0.1, -0.05) is 11.9 Å². The van der Waals surface area contributed by atoms with Crippen molar-refractivity contribution in [2.24, 2.45) is 11.1 Å². The molecule has 4 heteroatoms. The van der Waals surface area contributed by atoms with Crippen LogP contribution in [0, 0.1) is 5.92 Å². The minimum atomic E-state index is -0.648. The number of hydrogen-bond acceptors (Lipinski definition) is 3. The van der Waals surface area contributed by atoms with Crippen molar-refractivity contribution < 1.29 is 9.90 Å². The Kier molecular flexibility index (Phi) is 3.20. The lowest BCUT2D eigenvalue weighted by Crippen LogP contribution is -2.23. The second-order valence-corrected chi connectivity index (χ2v) is 3.89. The van der Waals surface area contributed by atoms with E-state index < -0.39 is 5.97 Å². The van der Waals surface area contributed by atoms with Crippen molar-refractivity contribution in [1.29, 1.82) is 0 Å². The third-order valence-electron chi connectivity index (χ3n) is 2.22. The predicted octanol–water partition coefficient (Wildman–Crippen LogP) is 1.24. The van der Waals surface area contributed by atoms with Crippen LogP contribution < -0.4 is 5.14 Å². The minimum absolute atomic E-state index is 0.113. The molecular formula is C7H13NO2S. The molecule has 1 rings (SSSR count). The van der Waals surface area contributed by atoms with Gasteiger partial charge in [0, 0.05) is 5.25 Å². The van der Waals surface area contributed by atoms with Crippen LogP contribution >= 0.6 is 11.9 Å². The molecule has 0 radical (unpaired) electrons. The van der Waals surface area contributed by atoms with Gasteiger partial charge in [-0.15, -0.1) is 0 Å². The summed E-state index contributed by atoms with van der Waals surface area (Å²) in [6.45, 7) is 0. The third kappa shape index (κ3) is 2.38. The summed E-state index contributed by atoms with van der Waals surface area (Å²) in [5, 5.41) is 14.5. The van der Waals surface area contributed by atoms with Crippen molar-refractivity contribution in [2.75, 3.05) is 0 Å². The van der Waals surface area contributed by atoms with E-state index in [9.17, 15) is 4.79 Å². The number of hydrogen-bond donors (Lipinski definition) is 2. The number of aliphatic carboxylic acids is 1. The molecule has 0 spiro atoms. The molecule has 11 heavy (non-hydrogen) atoms. The van der Waals surface area contributed by atoms with E-state index in [4.69, 9.17) is 10.2 Å². The summed E-state index contributed by atoms with van der Waals surface area (Å²) in [5.41, 5.74) is 0. The van der Waals surface area contributed by atoms with E-state index in [1.165, 1.54) is 11.9 Å². The normalized spacial score (nSPS) is 31.7. The van der Waals surface area contributed by atoms with E-state index >= 15 is 0 Å². The van der Waals surface area contributed by atoms with Gasteiger partial charge in [0.2, 0.25) is 0 Å². The standard InChI is InChI=1S/C7H13NO2S/c8-11-6-3-1-5(2-4-6)7(9)10/h5-6H,1-4,8H2,(H,9,10). The minimum Gasteiger partial charge on any atom is -0.481 e. The molecule has 0 amide bonds. The molecule has 3 nitrogen and oxygen atoms in total. The maximum Gasteiger partial charge on any atom is 0.306 e. The molecular weight excluding hydrogens is 162 g/mol. The van der Waals surface area contributed by atoms with Gasteiger partial charge < -0.3 is 5.11 Å². The molecule has 0 aromatic heterocycles. The molecule has 0 saturated heterocycles. The molecule has 1 fully saturated rings. The van der Waals surface area contributed by atoms with Crippen molar-refractivity contribution in [3.8, 4) is 0 Å². The fraction of sp³-hybridized carbons (Fsp3) is 0.857. The van der Waals surface area contributed by atoms with Gasteiger partial charge in [0.25, 0.3) is 0 Å². The van der Waals surface area contributed by atoms with E-state index in [2.05, 4.69) is 0 Å². The quantitative estimate of drug-likeness (QED) is 0.620. The first-order chi connectivity index (χ1) is 5.24. The van der Waals surface area contributed by atoms with E-state index in [-0.39, 0.29) is 5.92 Å². The molecule has 0 bridgehead atoms. The van der Waals surface area contributed by atoms with Gasteiger partial charge in [-0.2, -0.15) is 0 Å². The first kappa shape index (κ1) is 8.87. The molecule has 0 heterocycles. The Morgan fingerprint density at radius 3 is 2.27 bits per heavy atom. The maximum absolute atomic E-state index is 10.5. The van der Waals surface area contributed by atoms with Crippen LogP contribution in [0.1, 0.15) is 25.7 Å². The first-order valence-corrected chi connectivity index (χ1v) is 4.76. The third-order valence-corrected chi connectivity index (χ3v) is 3.07.